The number of aliphatic imine (C=N–C) groups is 1. The van der Waals surface area contributed by atoms with E-state index in [1.54, 1.807) is 13.4 Å². The zero-order valence-electron chi connectivity index (χ0n) is 13.0. The summed E-state index contributed by atoms with van der Waals surface area (Å²) in [6.07, 6.45) is 7.34. The molecule has 2 unspecified atom stereocenters. The maximum Gasteiger partial charge on any atom is 0.151 e. The lowest BCUT2D eigenvalue weighted by Gasteiger charge is -2.27. The molecule has 1 fully saturated rings. The van der Waals surface area contributed by atoms with E-state index in [1.807, 2.05) is 5.01 Å². The zero-order valence-corrected chi connectivity index (χ0v) is 14.6. The number of likely N-dealkylation sites (tertiary alicyclic amines) is 1. The fraction of sp³-hybridized carbons (Fsp3) is 0.733. The molecule has 22 heavy (non-hydrogen) atoms. The second-order valence-electron chi connectivity index (χ2n) is 6.13. The van der Waals surface area contributed by atoms with E-state index >= 15 is 0 Å². The van der Waals surface area contributed by atoms with Crippen molar-refractivity contribution in [2.75, 3.05) is 26.8 Å². The third kappa shape index (κ3) is 3.21. The Labute approximate surface area is 140 Å². The number of ether oxygens (including phenoxy) is 1. The molecule has 0 amide bonds. The molecular formula is C15H24BrN5O. The van der Waals surface area contributed by atoms with Gasteiger partial charge in [0.1, 0.15) is 12.0 Å². The van der Waals surface area contributed by atoms with E-state index in [4.69, 9.17) is 10.5 Å². The molecule has 7 heteroatoms. The van der Waals surface area contributed by atoms with Crippen molar-refractivity contribution in [1.82, 2.24) is 9.91 Å². The minimum atomic E-state index is 0.387. The lowest BCUT2D eigenvalue weighted by atomic mass is 10.1. The van der Waals surface area contributed by atoms with Crippen LogP contribution in [0.3, 0.4) is 0 Å². The SMILES string of the molecule is COCC1CCCN1CCCC1CC(Br)=C2C(N)=NC=NN21. The van der Waals surface area contributed by atoms with Gasteiger partial charge in [-0.3, -0.25) is 9.91 Å². The Morgan fingerprint density at radius 1 is 1.45 bits per heavy atom. The molecule has 0 radical (unpaired) electrons. The maximum absolute atomic E-state index is 5.96. The third-order valence-electron chi connectivity index (χ3n) is 4.70. The van der Waals surface area contributed by atoms with Crippen molar-refractivity contribution >= 4 is 28.1 Å². The summed E-state index contributed by atoms with van der Waals surface area (Å²) in [4.78, 5) is 6.65. The first-order valence-electron chi connectivity index (χ1n) is 7.97. The third-order valence-corrected chi connectivity index (χ3v) is 5.40. The molecule has 0 aromatic heterocycles. The topological polar surface area (TPSA) is 66.5 Å². The van der Waals surface area contributed by atoms with E-state index in [0.29, 0.717) is 17.9 Å². The molecule has 0 aromatic carbocycles. The molecule has 122 valence electrons. The van der Waals surface area contributed by atoms with Gasteiger partial charge in [-0.05, 0) is 38.8 Å². The number of rotatable bonds is 6. The summed E-state index contributed by atoms with van der Waals surface area (Å²) in [5, 5.41) is 6.42. The molecule has 2 N–H and O–H groups in total. The fourth-order valence-corrected chi connectivity index (χ4v) is 4.39. The number of nitrogens with zero attached hydrogens (tertiary/aromatic N) is 4. The monoisotopic (exact) mass is 369 g/mol. The van der Waals surface area contributed by atoms with Crippen molar-refractivity contribution in [2.24, 2.45) is 15.8 Å². The molecule has 6 nitrogen and oxygen atoms in total. The van der Waals surface area contributed by atoms with Gasteiger partial charge in [0.2, 0.25) is 0 Å². The highest BCUT2D eigenvalue weighted by Crippen LogP contribution is 2.36. The molecule has 0 saturated carbocycles. The van der Waals surface area contributed by atoms with Gasteiger partial charge in [0.25, 0.3) is 0 Å². The predicted octanol–water partition coefficient (Wildman–Crippen LogP) is 1.87. The van der Waals surface area contributed by atoms with Crippen LogP contribution < -0.4 is 5.73 Å². The molecule has 3 aliphatic heterocycles. The van der Waals surface area contributed by atoms with Crippen LogP contribution in [-0.2, 0) is 4.74 Å². The Morgan fingerprint density at radius 3 is 3.14 bits per heavy atom. The van der Waals surface area contributed by atoms with Crippen LogP contribution in [0.5, 0.6) is 0 Å². The second-order valence-corrected chi connectivity index (χ2v) is 7.09. The molecule has 3 rings (SSSR count). The van der Waals surface area contributed by atoms with Gasteiger partial charge < -0.3 is 10.5 Å². The molecule has 3 heterocycles. The largest absolute Gasteiger partial charge is 0.383 e. The van der Waals surface area contributed by atoms with E-state index < -0.39 is 0 Å². The molecule has 1 saturated heterocycles. The van der Waals surface area contributed by atoms with Crippen LogP contribution in [0.1, 0.15) is 32.1 Å². The van der Waals surface area contributed by atoms with Crippen LogP contribution in [0.4, 0.5) is 0 Å². The second kappa shape index (κ2) is 7.10. The highest BCUT2D eigenvalue weighted by Gasteiger charge is 2.34. The molecule has 2 atom stereocenters. The molecule has 0 bridgehead atoms. The van der Waals surface area contributed by atoms with Crippen molar-refractivity contribution in [3.8, 4) is 0 Å². The number of halogens is 1. The Kier molecular flexibility index (Phi) is 5.15. The normalized spacial score (nSPS) is 28.5. The van der Waals surface area contributed by atoms with Gasteiger partial charge in [-0.1, -0.05) is 15.9 Å². The zero-order chi connectivity index (χ0) is 15.5. The van der Waals surface area contributed by atoms with Gasteiger partial charge in [-0.15, -0.1) is 0 Å². The van der Waals surface area contributed by atoms with Crippen molar-refractivity contribution in [3.63, 3.8) is 0 Å². The number of fused-ring (bicyclic) bond motifs is 1. The Balaban J connectivity index is 1.49. The van der Waals surface area contributed by atoms with Crippen LogP contribution in [0.15, 0.2) is 20.3 Å². The number of amidine groups is 1. The van der Waals surface area contributed by atoms with E-state index in [9.17, 15) is 0 Å². The van der Waals surface area contributed by atoms with Crippen molar-refractivity contribution < 1.29 is 4.74 Å². The van der Waals surface area contributed by atoms with E-state index in [1.165, 1.54) is 25.8 Å². The van der Waals surface area contributed by atoms with Gasteiger partial charge in [0.15, 0.2) is 5.84 Å². The number of nitrogens with two attached hydrogens (primary N) is 1. The first kappa shape index (κ1) is 16.0. The molecule has 0 aromatic rings. The maximum atomic E-state index is 5.96. The van der Waals surface area contributed by atoms with Crippen LogP contribution in [0.2, 0.25) is 0 Å². The lowest BCUT2D eigenvalue weighted by Crippen LogP contribution is -2.36. The average molecular weight is 370 g/mol. The van der Waals surface area contributed by atoms with Crippen molar-refractivity contribution in [2.45, 2.75) is 44.2 Å². The van der Waals surface area contributed by atoms with E-state index in [-0.39, 0.29) is 0 Å². The highest BCUT2D eigenvalue weighted by atomic mass is 79.9. The van der Waals surface area contributed by atoms with Crippen LogP contribution >= 0.6 is 15.9 Å². The van der Waals surface area contributed by atoms with Crippen molar-refractivity contribution in [1.29, 1.82) is 0 Å². The van der Waals surface area contributed by atoms with Gasteiger partial charge in [0, 0.05) is 24.1 Å². The highest BCUT2D eigenvalue weighted by molar-refractivity contribution is 9.11. The first-order chi connectivity index (χ1) is 10.7. The summed E-state index contributed by atoms with van der Waals surface area (Å²) in [5.74, 6) is 0.559. The summed E-state index contributed by atoms with van der Waals surface area (Å²) < 4.78 is 6.44. The minimum absolute atomic E-state index is 0.387. The standard InChI is InChI=1S/C15H24BrN5O/c1-22-9-12-5-3-7-20(12)6-2-4-11-8-13(16)14-15(17)18-10-19-21(11)14/h10-12H,2-9H2,1H3,(H2,17,18,19). The summed E-state index contributed by atoms with van der Waals surface area (Å²) in [5.41, 5.74) is 6.91. The Bertz CT molecular complexity index is 504. The van der Waals surface area contributed by atoms with Gasteiger partial charge in [-0.25, -0.2) is 4.99 Å². The summed E-state index contributed by atoms with van der Waals surface area (Å²) in [6.45, 7) is 3.19. The molecular weight excluding hydrogens is 346 g/mol. The summed E-state index contributed by atoms with van der Waals surface area (Å²) >= 11 is 3.63. The van der Waals surface area contributed by atoms with Crippen molar-refractivity contribution in [3.05, 3.63) is 10.2 Å². The summed E-state index contributed by atoms with van der Waals surface area (Å²) in [6, 6.07) is 0.989. The summed E-state index contributed by atoms with van der Waals surface area (Å²) in [7, 11) is 1.79. The predicted molar refractivity (Wildman–Crippen MR) is 92.0 cm³/mol. The van der Waals surface area contributed by atoms with Gasteiger partial charge in [0.05, 0.1) is 12.6 Å². The average Bonchev–Trinajstić information content (AvgIpc) is 3.06. The van der Waals surface area contributed by atoms with Gasteiger partial charge in [-0.2, -0.15) is 5.10 Å². The lowest BCUT2D eigenvalue weighted by molar-refractivity contribution is 0.113. The smallest absolute Gasteiger partial charge is 0.151 e. The van der Waals surface area contributed by atoms with Crippen LogP contribution in [-0.4, -0.2) is 61.0 Å². The van der Waals surface area contributed by atoms with E-state index in [2.05, 4.69) is 30.9 Å². The molecule has 0 spiro atoms. The minimum Gasteiger partial charge on any atom is -0.383 e. The number of hydrogen-bond acceptors (Lipinski definition) is 6. The Morgan fingerprint density at radius 2 is 2.32 bits per heavy atom. The molecule has 3 aliphatic rings. The Hall–Kier alpha value is -0.920. The van der Waals surface area contributed by atoms with Crippen LogP contribution in [0, 0.1) is 0 Å². The molecule has 0 aliphatic carbocycles. The van der Waals surface area contributed by atoms with Gasteiger partial charge >= 0.3 is 0 Å². The number of hydrogen-bond donors (Lipinski definition) is 1. The quantitative estimate of drug-likeness (QED) is 0.775. The van der Waals surface area contributed by atoms with Crippen LogP contribution in [0.25, 0.3) is 0 Å². The fourth-order valence-electron chi connectivity index (χ4n) is 3.64. The number of hydrazone groups is 1. The van der Waals surface area contributed by atoms with E-state index in [0.717, 1.165) is 36.2 Å². The first-order valence-corrected chi connectivity index (χ1v) is 8.77. The number of methoxy groups -OCH3 is 1.